The van der Waals surface area contributed by atoms with E-state index in [1.165, 1.54) is 7.11 Å². The van der Waals surface area contributed by atoms with E-state index in [-0.39, 0.29) is 16.6 Å². The molecule has 1 aliphatic rings. The zero-order valence-electron chi connectivity index (χ0n) is 8.62. The highest BCUT2D eigenvalue weighted by Gasteiger charge is 2.39. The first-order valence-corrected chi connectivity index (χ1v) is 5.47. The lowest BCUT2D eigenvalue weighted by atomic mass is 10.0. The first-order valence-electron chi connectivity index (χ1n) is 4.48. The topological polar surface area (TPSA) is 55.4 Å². The van der Waals surface area contributed by atoms with Crippen LogP contribution in [0.5, 0.6) is 0 Å². The summed E-state index contributed by atoms with van der Waals surface area (Å²) in [6.07, 6.45) is 0.460. The Kier molecular flexibility index (Phi) is 3.42. The van der Waals surface area contributed by atoms with E-state index >= 15 is 0 Å². The number of thioether (sulfide) groups is 1. The summed E-state index contributed by atoms with van der Waals surface area (Å²) in [6.45, 7) is 3.87. The van der Waals surface area contributed by atoms with Crippen LogP contribution in [-0.4, -0.2) is 35.5 Å². The fourth-order valence-corrected chi connectivity index (χ4v) is 2.49. The van der Waals surface area contributed by atoms with E-state index in [0.717, 1.165) is 5.75 Å². The van der Waals surface area contributed by atoms with Crippen LogP contribution in [0.3, 0.4) is 0 Å². The van der Waals surface area contributed by atoms with Gasteiger partial charge >= 0.3 is 5.97 Å². The standard InChI is InChI=1S/C9H15NO3S/c1-9(2)7(8(12)13-3)10-6(11)4-5-14-9/h7H,4-5H2,1-3H3,(H,10,11). The summed E-state index contributed by atoms with van der Waals surface area (Å²) in [5.41, 5.74) is 0. The molecule has 5 heteroatoms. The average molecular weight is 217 g/mol. The Morgan fingerprint density at radius 3 is 2.86 bits per heavy atom. The van der Waals surface area contributed by atoms with Crippen molar-refractivity contribution < 1.29 is 14.3 Å². The molecule has 1 aliphatic heterocycles. The maximum Gasteiger partial charge on any atom is 0.329 e. The van der Waals surface area contributed by atoms with Gasteiger partial charge in [-0.2, -0.15) is 11.8 Å². The number of hydrogen-bond donors (Lipinski definition) is 1. The molecule has 1 rings (SSSR count). The minimum Gasteiger partial charge on any atom is -0.467 e. The molecule has 0 bridgehead atoms. The van der Waals surface area contributed by atoms with Gasteiger partial charge in [0.1, 0.15) is 6.04 Å². The van der Waals surface area contributed by atoms with E-state index in [0.29, 0.717) is 6.42 Å². The fourth-order valence-electron chi connectivity index (χ4n) is 1.36. The zero-order valence-corrected chi connectivity index (χ0v) is 9.44. The highest BCUT2D eigenvalue weighted by molar-refractivity contribution is 8.00. The van der Waals surface area contributed by atoms with Crippen molar-refractivity contribution in [1.29, 1.82) is 0 Å². The van der Waals surface area contributed by atoms with Crippen LogP contribution >= 0.6 is 11.8 Å². The quantitative estimate of drug-likeness (QED) is 0.652. The average Bonchev–Trinajstić information content (AvgIpc) is 2.24. The Labute approximate surface area is 87.8 Å². The molecule has 80 valence electrons. The van der Waals surface area contributed by atoms with Crippen LogP contribution in [-0.2, 0) is 14.3 Å². The van der Waals surface area contributed by atoms with Crippen LogP contribution in [0.15, 0.2) is 0 Å². The summed E-state index contributed by atoms with van der Waals surface area (Å²) in [5, 5.41) is 2.69. The van der Waals surface area contributed by atoms with Crippen LogP contribution in [0.1, 0.15) is 20.3 Å². The van der Waals surface area contributed by atoms with Crippen LogP contribution in [0.4, 0.5) is 0 Å². The maximum atomic E-state index is 11.4. The predicted octanol–water partition coefficient (Wildman–Crippen LogP) is 0.560. The largest absolute Gasteiger partial charge is 0.467 e. The number of esters is 1. The van der Waals surface area contributed by atoms with Gasteiger partial charge in [-0.05, 0) is 13.8 Å². The number of methoxy groups -OCH3 is 1. The molecule has 1 saturated heterocycles. The van der Waals surface area contributed by atoms with E-state index < -0.39 is 6.04 Å². The summed E-state index contributed by atoms with van der Waals surface area (Å²) >= 11 is 1.61. The lowest BCUT2D eigenvalue weighted by molar-refractivity contribution is -0.145. The number of ether oxygens (including phenoxy) is 1. The Bertz CT molecular complexity index is 252. The third kappa shape index (κ3) is 2.41. The molecule has 1 atom stereocenters. The SMILES string of the molecule is COC(=O)C1NC(=O)CCSC1(C)C. The molecule has 1 unspecified atom stereocenters. The molecule has 0 aromatic rings. The molecular weight excluding hydrogens is 202 g/mol. The third-order valence-corrected chi connectivity index (χ3v) is 3.63. The van der Waals surface area contributed by atoms with E-state index in [1.807, 2.05) is 13.8 Å². The summed E-state index contributed by atoms with van der Waals surface area (Å²) in [5.74, 6) is 0.281. The van der Waals surface area contributed by atoms with Gasteiger partial charge in [-0.25, -0.2) is 4.79 Å². The van der Waals surface area contributed by atoms with E-state index in [4.69, 9.17) is 0 Å². The number of rotatable bonds is 1. The van der Waals surface area contributed by atoms with Crippen molar-refractivity contribution >= 4 is 23.6 Å². The number of hydrogen-bond acceptors (Lipinski definition) is 4. The zero-order chi connectivity index (χ0) is 10.8. The van der Waals surface area contributed by atoms with Gasteiger partial charge in [-0.1, -0.05) is 0 Å². The van der Waals surface area contributed by atoms with Crippen molar-refractivity contribution in [1.82, 2.24) is 5.32 Å². The van der Waals surface area contributed by atoms with Crippen LogP contribution < -0.4 is 5.32 Å². The van der Waals surface area contributed by atoms with Crippen molar-refractivity contribution in [2.45, 2.75) is 31.1 Å². The molecule has 1 N–H and O–H groups in total. The molecule has 4 nitrogen and oxygen atoms in total. The smallest absolute Gasteiger partial charge is 0.329 e. The van der Waals surface area contributed by atoms with E-state index in [1.54, 1.807) is 11.8 Å². The Hall–Kier alpha value is -0.710. The number of carbonyl (C=O) groups excluding carboxylic acids is 2. The highest BCUT2D eigenvalue weighted by atomic mass is 32.2. The molecule has 0 radical (unpaired) electrons. The Balaban J connectivity index is 2.84. The maximum absolute atomic E-state index is 11.4. The summed E-state index contributed by atoms with van der Waals surface area (Å²) in [4.78, 5) is 22.7. The van der Waals surface area contributed by atoms with Gasteiger partial charge in [0.25, 0.3) is 0 Å². The van der Waals surface area contributed by atoms with Crippen molar-refractivity contribution in [2.75, 3.05) is 12.9 Å². The lowest BCUT2D eigenvalue weighted by Gasteiger charge is -2.29. The van der Waals surface area contributed by atoms with Gasteiger partial charge in [0.2, 0.25) is 5.91 Å². The van der Waals surface area contributed by atoms with Crippen molar-refractivity contribution in [2.24, 2.45) is 0 Å². The van der Waals surface area contributed by atoms with Crippen molar-refractivity contribution in [3.8, 4) is 0 Å². The summed E-state index contributed by atoms with van der Waals surface area (Å²) in [7, 11) is 1.33. The lowest BCUT2D eigenvalue weighted by Crippen LogP contribution is -2.51. The molecule has 0 aromatic heterocycles. The Morgan fingerprint density at radius 2 is 2.29 bits per heavy atom. The molecule has 1 fully saturated rings. The van der Waals surface area contributed by atoms with Crippen molar-refractivity contribution in [3.05, 3.63) is 0 Å². The van der Waals surface area contributed by atoms with Gasteiger partial charge in [-0.15, -0.1) is 0 Å². The van der Waals surface area contributed by atoms with Gasteiger partial charge in [0.05, 0.1) is 7.11 Å². The minimum absolute atomic E-state index is 0.0847. The van der Waals surface area contributed by atoms with Gasteiger partial charge in [0.15, 0.2) is 0 Å². The summed E-state index contributed by atoms with van der Waals surface area (Å²) < 4.78 is 4.36. The third-order valence-electron chi connectivity index (χ3n) is 2.24. The Morgan fingerprint density at radius 1 is 1.64 bits per heavy atom. The molecule has 0 saturated carbocycles. The first-order chi connectivity index (χ1) is 6.47. The van der Waals surface area contributed by atoms with Gasteiger partial charge in [-0.3, -0.25) is 4.79 Å². The van der Waals surface area contributed by atoms with Crippen LogP contribution in [0.2, 0.25) is 0 Å². The molecule has 0 aliphatic carbocycles. The predicted molar refractivity (Wildman–Crippen MR) is 55.1 cm³/mol. The number of nitrogens with one attached hydrogen (secondary N) is 1. The molecule has 0 aromatic carbocycles. The molecule has 1 heterocycles. The van der Waals surface area contributed by atoms with Gasteiger partial charge in [0, 0.05) is 16.9 Å². The summed E-state index contributed by atoms with van der Waals surface area (Å²) in [6, 6.07) is -0.549. The second-order valence-electron chi connectivity index (χ2n) is 3.73. The minimum atomic E-state index is -0.549. The molecular formula is C9H15NO3S. The number of amides is 1. The molecule has 0 spiro atoms. The van der Waals surface area contributed by atoms with E-state index in [9.17, 15) is 9.59 Å². The second kappa shape index (κ2) is 4.21. The fraction of sp³-hybridized carbons (Fsp3) is 0.778. The highest BCUT2D eigenvalue weighted by Crippen LogP contribution is 2.31. The van der Waals surface area contributed by atoms with Crippen molar-refractivity contribution in [3.63, 3.8) is 0 Å². The van der Waals surface area contributed by atoms with E-state index in [2.05, 4.69) is 10.1 Å². The first kappa shape index (κ1) is 11.4. The van der Waals surface area contributed by atoms with Crippen LogP contribution in [0.25, 0.3) is 0 Å². The number of carbonyl (C=O) groups is 2. The molecule has 14 heavy (non-hydrogen) atoms. The molecule has 1 amide bonds. The monoisotopic (exact) mass is 217 g/mol. The van der Waals surface area contributed by atoms with Gasteiger partial charge < -0.3 is 10.1 Å². The second-order valence-corrected chi connectivity index (χ2v) is 5.47. The normalized spacial score (nSPS) is 26.2. The van der Waals surface area contributed by atoms with Crippen LogP contribution in [0, 0.1) is 0 Å².